The van der Waals surface area contributed by atoms with Gasteiger partial charge in [-0.3, -0.25) is 10.1 Å². The third kappa shape index (κ3) is 4.74. The first-order valence-electron chi connectivity index (χ1n) is 7.94. The second-order valence-corrected chi connectivity index (χ2v) is 6.91. The number of piperidine rings is 1. The lowest BCUT2D eigenvalue weighted by Crippen LogP contribution is -2.46. The summed E-state index contributed by atoms with van der Waals surface area (Å²) >= 11 is 0. The van der Waals surface area contributed by atoms with Crippen molar-refractivity contribution in [2.75, 3.05) is 23.7 Å². The molecule has 0 bridgehead atoms. The fraction of sp³-hybridized carbons (Fsp3) is 0.562. The van der Waals surface area contributed by atoms with Gasteiger partial charge in [-0.25, -0.2) is 4.79 Å². The van der Waals surface area contributed by atoms with Crippen LogP contribution in [-0.4, -0.2) is 35.7 Å². The average molecular weight is 336 g/mol. The van der Waals surface area contributed by atoms with Crippen molar-refractivity contribution >= 4 is 23.2 Å². The maximum absolute atomic E-state index is 11.8. The van der Waals surface area contributed by atoms with Gasteiger partial charge in [-0.1, -0.05) is 0 Å². The molecule has 1 aliphatic rings. The smallest absolute Gasteiger partial charge is 0.407 e. The summed E-state index contributed by atoms with van der Waals surface area (Å²) in [6.45, 7) is 6.95. The van der Waals surface area contributed by atoms with E-state index >= 15 is 0 Å². The lowest BCUT2D eigenvalue weighted by molar-refractivity contribution is -0.383. The predicted molar refractivity (Wildman–Crippen MR) is 92.1 cm³/mol. The molecule has 0 radical (unpaired) electrons. The predicted octanol–water partition coefficient (Wildman–Crippen LogP) is 2.67. The number of alkyl carbamates (subject to hydrolysis) is 1. The molecular formula is C16H24N4O4. The highest BCUT2D eigenvalue weighted by molar-refractivity contribution is 5.68. The average Bonchev–Trinajstić information content (AvgIpc) is 2.45. The van der Waals surface area contributed by atoms with Crippen LogP contribution in [0.1, 0.15) is 33.6 Å². The molecular weight excluding hydrogens is 312 g/mol. The molecule has 2 rings (SSSR count). The Morgan fingerprint density at radius 1 is 1.38 bits per heavy atom. The van der Waals surface area contributed by atoms with E-state index in [0.717, 1.165) is 31.6 Å². The Morgan fingerprint density at radius 3 is 2.50 bits per heavy atom. The number of nitrogen functional groups attached to an aromatic ring is 1. The van der Waals surface area contributed by atoms with E-state index in [2.05, 4.69) is 10.2 Å². The third-order valence-corrected chi connectivity index (χ3v) is 3.79. The summed E-state index contributed by atoms with van der Waals surface area (Å²) in [6, 6.07) is 4.82. The minimum absolute atomic E-state index is 0.0616. The Bertz CT molecular complexity index is 619. The van der Waals surface area contributed by atoms with Crippen LogP contribution in [0.2, 0.25) is 0 Å². The summed E-state index contributed by atoms with van der Waals surface area (Å²) in [5, 5.41) is 13.7. The number of amides is 1. The van der Waals surface area contributed by atoms with Crippen molar-refractivity contribution in [1.29, 1.82) is 0 Å². The number of carbonyl (C=O) groups is 1. The molecule has 0 spiro atoms. The minimum atomic E-state index is -0.513. The van der Waals surface area contributed by atoms with Crippen LogP contribution in [0.3, 0.4) is 0 Å². The molecule has 8 heteroatoms. The lowest BCUT2D eigenvalue weighted by Gasteiger charge is -2.34. The van der Waals surface area contributed by atoms with E-state index in [-0.39, 0.29) is 17.4 Å². The molecule has 1 fully saturated rings. The Kier molecular flexibility index (Phi) is 5.16. The highest BCUT2D eigenvalue weighted by Crippen LogP contribution is 2.28. The molecule has 8 nitrogen and oxygen atoms in total. The summed E-state index contributed by atoms with van der Waals surface area (Å²) in [4.78, 5) is 24.2. The maximum Gasteiger partial charge on any atom is 0.407 e. The van der Waals surface area contributed by atoms with E-state index in [1.54, 1.807) is 12.1 Å². The molecule has 1 aromatic rings. The quantitative estimate of drug-likeness (QED) is 0.499. The van der Waals surface area contributed by atoms with Crippen molar-refractivity contribution in [2.45, 2.75) is 45.3 Å². The summed E-state index contributed by atoms with van der Waals surface area (Å²) in [5.41, 5.74) is 6.16. The monoisotopic (exact) mass is 336 g/mol. The van der Waals surface area contributed by atoms with E-state index in [1.807, 2.05) is 20.8 Å². The van der Waals surface area contributed by atoms with E-state index in [9.17, 15) is 14.9 Å². The zero-order valence-electron chi connectivity index (χ0n) is 14.2. The largest absolute Gasteiger partial charge is 0.444 e. The molecule has 24 heavy (non-hydrogen) atoms. The zero-order chi connectivity index (χ0) is 17.9. The Balaban J connectivity index is 1.90. The van der Waals surface area contributed by atoms with Gasteiger partial charge in [0.2, 0.25) is 0 Å². The van der Waals surface area contributed by atoms with Crippen molar-refractivity contribution in [3.05, 3.63) is 28.3 Å². The number of hydrogen-bond donors (Lipinski definition) is 2. The van der Waals surface area contributed by atoms with Crippen molar-refractivity contribution in [2.24, 2.45) is 0 Å². The van der Waals surface area contributed by atoms with E-state index in [4.69, 9.17) is 10.5 Å². The fourth-order valence-corrected chi connectivity index (χ4v) is 2.66. The first kappa shape index (κ1) is 17.8. The van der Waals surface area contributed by atoms with Gasteiger partial charge in [0.25, 0.3) is 5.69 Å². The van der Waals surface area contributed by atoms with E-state index in [0.29, 0.717) is 0 Å². The molecule has 3 N–H and O–H groups in total. The SMILES string of the molecule is CC(C)(C)OC(=O)NC1CCN(c2ccc([N+](=O)[O-])c(N)c2)CC1. The Morgan fingerprint density at radius 2 is 2.00 bits per heavy atom. The standard InChI is InChI=1S/C16H24N4O4/c1-16(2,3)24-15(21)18-11-6-8-19(9-7-11)12-4-5-14(20(22)23)13(17)10-12/h4-5,10-11H,6-9,17H2,1-3H3,(H,18,21). The van der Waals surface area contributed by atoms with Crippen molar-refractivity contribution < 1.29 is 14.5 Å². The van der Waals surface area contributed by atoms with Crippen LogP contribution in [0.5, 0.6) is 0 Å². The Hall–Kier alpha value is -2.51. The third-order valence-electron chi connectivity index (χ3n) is 3.79. The van der Waals surface area contributed by atoms with Crippen LogP contribution in [0.4, 0.5) is 21.9 Å². The molecule has 0 aromatic heterocycles. The zero-order valence-corrected chi connectivity index (χ0v) is 14.2. The molecule has 1 aliphatic heterocycles. The van der Waals surface area contributed by atoms with Gasteiger partial charge in [-0.15, -0.1) is 0 Å². The number of benzene rings is 1. The molecule has 1 aromatic carbocycles. The molecule has 1 amide bonds. The van der Waals surface area contributed by atoms with Gasteiger partial charge in [0, 0.05) is 30.9 Å². The van der Waals surface area contributed by atoms with Gasteiger partial charge >= 0.3 is 6.09 Å². The van der Waals surface area contributed by atoms with E-state index in [1.165, 1.54) is 6.07 Å². The number of nitro groups is 1. The van der Waals surface area contributed by atoms with Crippen LogP contribution >= 0.6 is 0 Å². The van der Waals surface area contributed by atoms with Crippen LogP contribution in [0.15, 0.2) is 18.2 Å². The number of rotatable bonds is 3. The van der Waals surface area contributed by atoms with Gasteiger partial charge in [-0.2, -0.15) is 0 Å². The van der Waals surface area contributed by atoms with Gasteiger partial charge in [-0.05, 0) is 45.7 Å². The summed E-state index contributed by atoms with van der Waals surface area (Å²) < 4.78 is 5.26. The maximum atomic E-state index is 11.8. The number of carbonyl (C=O) groups excluding carboxylic acids is 1. The molecule has 0 aliphatic carbocycles. The summed E-state index contributed by atoms with van der Waals surface area (Å²) in [5.74, 6) is 0. The molecule has 1 saturated heterocycles. The number of nitrogens with one attached hydrogen (secondary N) is 1. The number of anilines is 2. The van der Waals surface area contributed by atoms with Gasteiger partial charge in [0.1, 0.15) is 11.3 Å². The summed E-state index contributed by atoms with van der Waals surface area (Å²) in [7, 11) is 0. The summed E-state index contributed by atoms with van der Waals surface area (Å²) in [6.07, 6.45) is 1.15. The lowest BCUT2D eigenvalue weighted by atomic mass is 10.0. The number of ether oxygens (including phenoxy) is 1. The normalized spacial score (nSPS) is 15.9. The van der Waals surface area contributed by atoms with Gasteiger partial charge < -0.3 is 20.7 Å². The van der Waals surface area contributed by atoms with Crippen molar-refractivity contribution in [3.63, 3.8) is 0 Å². The van der Waals surface area contributed by atoms with E-state index < -0.39 is 16.6 Å². The van der Waals surface area contributed by atoms with Crippen molar-refractivity contribution in [1.82, 2.24) is 5.32 Å². The molecule has 0 saturated carbocycles. The molecule has 132 valence electrons. The highest BCUT2D eigenvalue weighted by Gasteiger charge is 2.24. The number of nitrogens with zero attached hydrogens (tertiary/aromatic N) is 2. The topological polar surface area (TPSA) is 111 Å². The Labute approximate surface area is 141 Å². The first-order valence-corrected chi connectivity index (χ1v) is 7.94. The van der Waals surface area contributed by atoms with Crippen LogP contribution < -0.4 is 16.0 Å². The molecule has 0 unspecified atom stereocenters. The molecule has 1 heterocycles. The van der Waals surface area contributed by atoms with Gasteiger partial charge in [0.05, 0.1) is 4.92 Å². The van der Waals surface area contributed by atoms with Crippen molar-refractivity contribution in [3.8, 4) is 0 Å². The van der Waals surface area contributed by atoms with Gasteiger partial charge in [0.15, 0.2) is 0 Å². The van der Waals surface area contributed by atoms with Crippen LogP contribution in [0, 0.1) is 10.1 Å². The number of nitrogens with two attached hydrogens (primary N) is 1. The second-order valence-electron chi connectivity index (χ2n) is 6.91. The molecule has 0 atom stereocenters. The fourth-order valence-electron chi connectivity index (χ4n) is 2.66. The highest BCUT2D eigenvalue weighted by atomic mass is 16.6. The number of nitro benzene ring substituents is 1. The first-order chi connectivity index (χ1) is 11.2. The second kappa shape index (κ2) is 6.94. The van der Waals surface area contributed by atoms with Crippen LogP contribution in [-0.2, 0) is 4.74 Å². The minimum Gasteiger partial charge on any atom is -0.444 e. The number of hydrogen-bond acceptors (Lipinski definition) is 6. The van der Waals surface area contributed by atoms with Crippen LogP contribution in [0.25, 0.3) is 0 Å².